The number of nitrogens with zero attached hydrogens (tertiary/aromatic N) is 1. The van der Waals surface area contributed by atoms with E-state index in [1.54, 1.807) is 0 Å². The highest BCUT2D eigenvalue weighted by Gasteiger charge is 2.00. The highest BCUT2D eigenvalue weighted by atomic mass is 15.0. The fraction of sp³-hybridized carbons (Fsp3) is 0.462. The Hall–Kier alpha value is -1.49. The highest BCUT2D eigenvalue weighted by Crippen LogP contribution is 2.12. The number of aryl methyl sites for hydroxylation is 1. The Balaban J connectivity index is 0.000000921. The lowest BCUT2D eigenvalue weighted by Gasteiger charge is -2.05. The second-order valence-electron chi connectivity index (χ2n) is 2.81. The van der Waals surface area contributed by atoms with Crippen molar-refractivity contribution >= 4 is 5.82 Å². The van der Waals surface area contributed by atoms with Crippen molar-refractivity contribution in [1.82, 2.24) is 4.98 Å². The van der Waals surface area contributed by atoms with E-state index in [9.17, 15) is 0 Å². The molecule has 82 valence electrons. The summed E-state index contributed by atoms with van der Waals surface area (Å²) in [5.41, 5.74) is 2.18. The van der Waals surface area contributed by atoms with E-state index in [1.807, 2.05) is 40.8 Å². The van der Waals surface area contributed by atoms with Gasteiger partial charge in [-0.15, -0.1) is 5.92 Å². The van der Waals surface area contributed by atoms with Gasteiger partial charge in [0.25, 0.3) is 0 Å². The molecule has 0 fully saturated rings. The number of pyridine rings is 1. The predicted octanol–water partition coefficient (Wildman–Crippen LogP) is 3.02. The summed E-state index contributed by atoms with van der Waals surface area (Å²) in [6.07, 6.45) is 0.764. The van der Waals surface area contributed by atoms with Crippen LogP contribution in [0.25, 0.3) is 0 Å². The largest absolute Gasteiger partial charge is 0.373 e. The molecule has 2 nitrogen and oxygen atoms in total. The lowest BCUT2D eigenvalue weighted by atomic mass is 10.2. The molecule has 0 aliphatic rings. The summed E-state index contributed by atoms with van der Waals surface area (Å²) in [4.78, 5) is 4.37. The minimum Gasteiger partial charge on any atom is -0.373 e. The van der Waals surface area contributed by atoms with Gasteiger partial charge in [0.05, 0.1) is 0 Å². The fourth-order valence-corrected chi connectivity index (χ4v) is 1.13. The van der Waals surface area contributed by atoms with Crippen LogP contribution in [-0.2, 0) is 6.42 Å². The smallest absolute Gasteiger partial charge is 0.130 e. The number of nitrogens with one attached hydrogen (secondary N) is 1. The summed E-state index contributed by atoms with van der Waals surface area (Å²) >= 11 is 0. The first-order valence-electron chi connectivity index (χ1n) is 5.32. The Morgan fingerprint density at radius 1 is 1.33 bits per heavy atom. The van der Waals surface area contributed by atoms with E-state index >= 15 is 0 Å². The molecule has 1 aromatic heterocycles. The van der Waals surface area contributed by atoms with Crippen LogP contribution in [-0.4, -0.2) is 12.0 Å². The Kier molecular flexibility index (Phi) is 7.09. The first kappa shape index (κ1) is 13.5. The monoisotopic (exact) mass is 204 g/mol. The second-order valence-corrected chi connectivity index (χ2v) is 2.81. The van der Waals surface area contributed by atoms with Crippen LogP contribution in [0.2, 0.25) is 0 Å². The third-order valence-electron chi connectivity index (χ3n) is 1.81. The molecule has 0 spiro atoms. The second kappa shape index (κ2) is 7.87. The van der Waals surface area contributed by atoms with E-state index in [-0.39, 0.29) is 0 Å². The maximum atomic E-state index is 4.37. The number of hydrogen-bond donors (Lipinski definition) is 1. The van der Waals surface area contributed by atoms with E-state index < -0.39 is 0 Å². The third kappa shape index (κ3) is 4.51. The van der Waals surface area contributed by atoms with Crippen LogP contribution in [0.15, 0.2) is 12.1 Å². The average Bonchev–Trinajstić information content (AvgIpc) is 2.30. The van der Waals surface area contributed by atoms with E-state index in [2.05, 4.69) is 28.2 Å². The van der Waals surface area contributed by atoms with Crippen LogP contribution in [0.1, 0.15) is 32.0 Å². The number of hydrogen-bond acceptors (Lipinski definition) is 2. The van der Waals surface area contributed by atoms with Crippen molar-refractivity contribution in [3.63, 3.8) is 0 Å². The van der Waals surface area contributed by atoms with Crippen molar-refractivity contribution < 1.29 is 0 Å². The summed E-state index contributed by atoms with van der Waals surface area (Å²) in [5.74, 6) is 6.84. The van der Waals surface area contributed by atoms with Crippen LogP contribution in [0.5, 0.6) is 0 Å². The topological polar surface area (TPSA) is 24.9 Å². The summed E-state index contributed by atoms with van der Waals surface area (Å²) in [7, 11) is 1.88. The zero-order chi connectivity index (χ0) is 11.7. The Labute approximate surface area is 93.1 Å². The molecule has 0 saturated heterocycles. The zero-order valence-electron chi connectivity index (χ0n) is 10.3. The first-order valence-corrected chi connectivity index (χ1v) is 5.32. The van der Waals surface area contributed by atoms with Gasteiger partial charge in [-0.25, -0.2) is 4.98 Å². The van der Waals surface area contributed by atoms with Gasteiger partial charge in [0.15, 0.2) is 0 Å². The molecule has 0 saturated carbocycles. The van der Waals surface area contributed by atoms with Gasteiger partial charge in [-0.2, -0.15) is 0 Å². The van der Waals surface area contributed by atoms with Gasteiger partial charge < -0.3 is 5.32 Å². The minimum absolute atomic E-state index is 0.764. The minimum atomic E-state index is 0.764. The number of anilines is 1. The van der Waals surface area contributed by atoms with Crippen molar-refractivity contribution in [1.29, 1.82) is 0 Å². The van der Waals surface area contributed by atoms with Crippen molar-refractivity contribution in [2.75, 3.05) is 12.4 Å². The Morgan fingerprint density at radius 2 is 2.00 bits per heavy atom. The SMILES string of the molecule is CC.CC#CCc1ccc(C)nc1NC. The van der Waals surface area contributed by atoms with E-state index in [1.165, 1.54) is 0 Å². The normalized spacial score (nSPS) is 8.07. The first-order chi connectivity index (χ1) is 7.27. The summed E-state index contributed by atoms with van der Waals surface area (Å²) in [6, 6.07) is 4.08. The molecule has 0 aromatic carbocycles. The zero-order valence-corrected chi connectivity index (χ0v) is 10.3. The standard InChI is InChI=1S/C11H14N2.C2H6/c1-4-5-6-10-8-7-9(2)13-11(10)12-3;1-2/h7-8H,6H2,1-3H3,(H,12,13);1-2H3. The van der Waals surface area contributed by atoms with Crippen LogP contribution in [0.3, 0.4) is 0 Å². The molecule has 1 heterocycles. The van der Waals surface area contributed by atoms with Crippen LogP contribution >= 0.6 is 0 Å². The molecule has 0 aliphatic heterocycles. The molecule has 2 heteroatoms. The molecular formula is C13H20N2. The molecule has 0 atom stereocenters. The summed E-state index contributed by atoms with van der Waals surface area (Å²) in [5, 5.41) is 3.07. The molecule has 0 aliphatic carbocycles. The van der Waals surface area contributed by atoms with E-state index in [0.29, 0.717) is 0 Å². The van der Waals surface area contributed by atoms with Gasteiger partial charge in [0.2, 0.25) is 0 Å². The molecule has 0 bridgehead atoms. The van der Waals surface area contributed by atoms with E-state index in [0.717, 1.165) is 23.5 Å². The molecule has 0 unspecified atom stereocenters. The fourth-order valence-electron chi connectivity index (χ4n) is 1.13. The predicted molar refractivity (Wildman–Crippen MR) is 67.0 cm³/mol. The molecule has 15 heavy (non-hydrogen) atoms. The Morgan fingerprint density at radius 3 is 2.53 bits per heavy atom. The van der Waals surface area contributed by atoms with Crippen LogP contribution < -0.4 is 5.32 Å². The molecule has 1 aromatic rings. The molecule has 0 amide bonds. The maximum absolute atomic E-state index is 4.37. The lowest BCUT2D eigenvalue weighted by Crippen LogP contribution is -1.99. The van der Waals surface area contributed by atoms with Crippen molar-refractivity contribution in [2.24, 2.45) is 0 Å². The van der Waals surface area contributed by atoms with Gasteiger partial charge >= 0.3 is 0 Å². The summed E-state index contributed by atoms with van der Waals surface area (Å²) < 4.78 is 0. The molecule has 0 radical (unpaired) electrons. The van der Waals surface area contributed by atoms with Gasteiger partial charge in [-0.05, 0) is 19.9 Å². The molecular weight excluding hydrogens is 184 g/mol. The van der Waals surface area contributed by atoms with Crippen molar-refractivity contribution in [3.05, 3.63) is 23.4 Å². The number of rotatable bonds is 2. The van der Waals surface area contributed by atoms with Crippen molar-refractivity contribution in [2.45, 2.75) is 34.1 Å². The van der Waals surface area contributed by atoms with Crippen LogP contribution in [0, 0.1) is 18.8 Å². The highest BCUT2D eigenvalue weighted by molar-refractivity contribution is 5.46. The van der Waals surface area contributed by atoms with Gasteiger partial charge in [0.1, 0.15) is 5.82 Å². The van der Waals surface area contributed by atoms with Gasteiger partial charge in [0, 0.05) is 24.7 Å². The lowest BCUT2D eigenvalue weighted by molar-refractivity contribution is 1.13. The summed E-state index contributed by atoms with van der Waals surface area (Å²) in [6.45, 7) is 7.83. The quantitative estimate of drug-likeness (QED) is 0.749. The van der Waals surface area contributed by atoms with Gasteiger partial charge in [-0.3, -0.25) is 0 Å². The average molecular weight is 204 g/mol. The van der Waals surface area contributed by atoms with Crippen LogP contribution in [0.4, 0.5) is 5.82 Å². The maximum Gasteiger partial charge on any atom is 0.130 e. The van der Waals surface area contributed by atoms with Gasteiger partial charge in [-0.1, -0.05) is 25.8 Å². The number of aromatic nitrogens is 1. The van der Waals surface area contributed by atoms with E-state index in [4.69, 9.17) is 0 Å². The molecule has 1 rings (SSSR count). The third-order valence-corrected chi connectivity index (χ3v) is 1.81. The Bertz CT molecular complexity index is 345. The van der Waals surface area contributed by atoms with Crippen molar-refractivity contribution in [3.8, 4) is 11.8 Å². The molecule has 1 N–H and O–H groups in total.